The lowest BCUT2D eigenvalue weighted by molar-refractivity contribution is -0.113. The number of benzene rings is 2. The van der Waals surface area contributed by atoms with Crippen LogP contribution < -0.4 is 10.1 Å². The first-order chi connectivity index (χ1) is 14.0. The fourth-order valence-electron chi connectivity index (χ4n) is 2.43. The summed E-state index contributed by atoms with van der Waals surface area (Å²) in [5.41, 5.74) is 0.565. The maximum atomic E-state index is 13.0. The van der Waals surface area contributed by atoms with Crippen molar-refractivity contribution in [3.05, 3.63) is 64.2 Å². The Hall–Kier alpha value is -2.29. The lowest BCUT2D eigenvalue weighted by atomic mass is 10.3. The van der Waals surface area contributed by atoms with E-state index in [4.69, 9.17) is 27.9 Å². The molecule has 1 amide bonds. The van der Waals surface area contributed by atoms with Gasteiger partial charge in [-0.1, -0.05) is 35.0 Å². The number of carbonyl (C=O) groups is 1. The summed E-state index contributed by atoms with van der Waals surface area (Å²) < 4.78 is 20.5. The highest BCUT2D eigenvalue weighted by molar-refractivity contribution is 7.99. The number of nitrogens with zero attached hydrogens (tertiary/aromatic N) is 3. The van der Waals surface area contributed by atoms with Crippen molar-refractivity contribution >= 4 is 46.6 Å². The van der Waals surface area contributed by atoms with Crippen molar-refractivity contribution in [1.82, 2.24) is 14.8 Å². The highest BCUT2D eigenvalue weighted by atomic mass is 35.5. The number of nitrogens with one attached hydrogen (secondary N) is 1. The second-order valence-electron chi connectivity index (χ2n) is 5.85. The summed E-state index contributed by atoms with van der Waals surface area (Å²) in [4.78, 5) is 12.2. The van der Waals surface area contributed by atoms with E-state index in [2.05, 4.69) is 15.5 Å². The quantitative estimate of drug-likeness (QED) is 0.482. The molecule has 3 aromatic rings. The highest BCUT2D eigenvalue weighted by Crippen LogP contribution is 2.25. The topological polar surface area (TPSA) is 69.0 Å². The third kappa shape index (κ3) is 5.85. The lowest BCUT2D eigenvalue weighted by Gasteiger charge is -2.09. The Balaban J connectivity index is 1.57. The fraction of sp³-hybridized carbons (Fsp3) is 0.211. The predicted molar refractivity (Wildman–Crippen MR) is 112 cm³/mol. The molecule has 1 N–H and O–H groups in total. The Bertz CT molecular complexity index is 998. The second kappa shape index (κ2) is 9.96. The maximum Gasteiger partial charge on any atom is 0.234 e. The van der Waals surface area contributed by atoms with E-state index in [-0.39, 0.29) is 24.1 Å². The van der Waals surface area contributed by atoms with Gasteiger partial charge in [0.25, 0.3) is 0 Å². The molecule has 3 rings (SSSR count). The van der Waals surface area contributed by atoms with Crippen LogP contribution in [-0.2, 0) is 17.9 Å². The van der Waals surface area contributed by atoms with Crippen LogP contribution in [0.15, 0.2) is 47.6 Å². The first-order valence-corrected chi connectivity index (χ1v) is 10.4. The van der Waals surface area contributed by atoms with Gasteiger partial charge in [-0.2, -0.15) is 0 Å². The van der Waals surface area contributed by atoms with E-state index in [0.29, 0.717) is 39.0 Å². The normalized spacial score (nSPS) is 10.8. The van der Waals surface area contributed by atoms with Crippen LogP contribution in [0.4, 0.5) is 10.1 Å². The minimum atomic E-state index is -0.327. The third-order valence-corrected chi connectivity index (χ3v) is 5.53. The second-order valence-corrected chi connectivity index (χ2v) is 7.61. The summed E-state index contributed by atoms with van der Waals surface area (Å²) in [6, 6.07) is 10.6. The van der Waals surface area contributed by atoms with Gasteiger partial charge in [-0.15, -0.1) is 10.2 Å². The van der Waals surface area contributed by atoms with Crippen LogP contribution in [0.2, 0.25) is 10.0 Å². The maximum absolute atomic E-state index is 13.0. The van der Waals surface area contributed by atoms with Gasteiger partial charge >= 0.3 is 0 Å². The van der Waals surface area contributed by atoms with E-state index in [0.717, 1.165) is 0 Å². The van der Waals surface area contributed by atoms with Gasteiger partial charge in [-0.05, 0) is 49.4 Å². The Labute approximate surface area is 181 Å². The van der Waals surface area contributed by atoms with Gasteiger partial charge in [0.05, 0.1) is 15.8 Å². The van der Waals surface area contributed by atoms with E-state index in [9.17, 15) is 9.18 Å². The van der Waals surface area contributed by atoms with Crippen LogP contribution in [0.25, 0.3) is 0 Å². The third-order valence-electron chi connectivity index (χ3n) is 3.83. The van der Waals surface area contributed by atoms with Crippen LogP contribution in [0, 0.1) is 5.82 Å². The zero-order valence-electron chi connectivity index (χ0n) is 15.4. The molecule has 0 atom stereocenters. The molecule has 0 saturated carbocycles. The van der Waals surface area contributed by atoms with Gasteiger partial charge < -0.3 is 14.6 Å². The van der Waals surface area contributed by atoms with Crippen molar-refractivity contribution in [2.45, 2.75) is 25.2 Å². The van der Waals surface area contributed by atoms with Crippen molar-refractivity contribution < 1.29 is 13.9 Å². The van der Waals surface area contributed by atoms with Crippen LogP contribution in [0.3, 0.4) is 0 Å². The van der Waals surface area contributed by atoms with E-state index >= 15 is 0 Å². The van der Waals surface area contributed by atoms with Gasteiger partial charge in [0.1, 0.15) is 18.2 Å². The molecule has 0 unspecified atom stereocenters. The standard InChI is InChI=1S/C19H17Cl2FN4O2S/c1-2-26-17(10-28-14-6-3-12(22)4-7-14)24-25-19(26)29-11-18(27)23-13-5-8-15(20)16(21)9-13/h3-9H,2,10-11H2,1H3,(H,23,27). The minimum absolute atomic E-state index is 0.150. The van der Waals surface area contributed by atoms with Crippen molar-refractivity contribution in [1.29, 1.82) is 0 Å². The SMILES string of the molecule is CCn1c(COc2ccc(F)cc2)nnc1SCC(=O)Nc1ccc(Cl)c(Cl)c1. The van der Waals surface area contributed by atoms with Crippen molar-refractivity contribution in [2.75, 3.05) is 11.1 Å². The minimum Gasteiger partial charge on any atom is -0.486 e. The van der Waals surface area contributed by atoms with E-state index in [1.165, 1.54) is 23.9 Å². The molecule has 10 heteroatoms. The molecule has 0 radical (unpaired) electrons. The number of rotatable bonds is 8. The van der Waals surface area contributed by atoms with Gasteiger partial charge in [0.2, 0.25) is 5.91 Å². The van der Waals surface area contributed by atoms with Crippen LogP contribution in [0.1, 0.15) is 12.7 Å². The molecule has 0 aliphatic carbocycles. The molecular weight excluding hydrogens is 438 g/mol. The number of hydrogen-bond acceptors (Lipinski definition) is 5. The number of aromatic nitrogens is 3. The van der Waals surface area contributed by atoms with Crippen LogP contribution in [-0.4, -0.2) is 26.4 Å². The molecule has 1 heterocycles. The monoisotopic (exact) mass is 454 g/mol. The Morgan fingerprint density at radius 2 is 1.93 bits per heavy atom. The molecule has 0 fully saturated rings. The smallest absolute Gasteiger partial charge is 0.234 e. The molecule has 0 aliphatic rings. The number of halogens is 3. The summed E-state index contributed by atoms with van der Waals surface area (Å²) in [5, 5.41) is 12.4. The van der Waals surface area contributed by atoms with Crippen molar-refractivity contribution in [3.8, 4) is 5.75 Å². The molecule has 0 bridgehead atoms. The van der Waals surface area contributed by atoms with Gasteiger partial charge in [-0.3, -0.25) is 4.79 Å². The number of amides is 1. The highest BCUT2D eigenvalue weighted by Gasteiger charge is 2.14. The van der Waals surface area contributed by atoms with E-state index < -0.39 is 0 Å². The van der Waals surface area contributed by atoms with Gasteiger partial charge in [0, 0.05) is 12.2 Å². The molecular formula is C19H17Cl2FN4O2S. The first-order valence-electron chi connectivity index (χ1n) is 8.64. The largest absolute Gasteiger partial charge is 0.486 e. The first kappa shape index (κ1) is 21.4. The summed E-state index contributed by atoms with van der Waals surface area (Å²) in [7, 11) is 0. The summed E-state index contributed by atoms with van der Waals surface area (Å²) in [5.74, 6) is 0.767. The molecule has 0 aliphatic heterocycles. The van der Waals surface area contributed by atoms with Crippen LogP contribution >= 0.6 is 35.0 Å². The number of hydrogen-bond donors (Lipinski definition) is 1. The van der Waals surface area contributed by atoms with Gasteiger partial charge in [0.15, 0.2) is 11.0 Å². The Morgan fingerprint density at radius 1 is 1.17 bits per heavy atom. The summed E-state index contributed by atoms with van der Waals surface area (Å²) in [6.45, 7) is 2.75. The molecule has 2 aromatic carbocycles. The zero-order valence-corrected chi connectivity index (χ0v) is 17.7. The summed E-state index contributed by atoms with van der Waals surface area (Å²) in [6.07, 6.45) is 0. The molecule has 1 aromatic heterocycles. The average Bonchev–Trinajstić information content (AvgIpc) is 3.10. The predicted octanol–water partition coefficient (Wildman–Crippen LogP) is 5.05. The molecule has 152 valence electrons. The molecule has 29 heavy (non-hydrogen) atoms. The molecule has 6 nitrogen and oxygen atoms in total. The lowest BCUT2D eigenvalue weighted by Crippen LogP contribution is -2.15. The Kier molecular flexibility index (Phi) is 7.35. The van der Waals surface area contributed by atoms with E-state index in [1.807, 2.05) is 11.5 Å². The van der Waals surface area contributed by atoms with E-state index in [1.54, 1.807) is 30.3 Å². The molecule has 0 spiro atoms. The van der Waals surface area contributed by atoms with Crippen LogP contribution in [0.5, 0.6) is 5.75 Å². The van der Waals surface area contributed by atoms with Crippen molar-refractivity contribution in [3.63, 3.8) is 0 Å². The zero-order chi connectivity index (χ0) is 20.8. The average molecular weight is 455 g/mol. The number of carbonyl (C=O) groups excluding carboxylic acids is 1. The fourth-order valence-corrected chi connectivity index (χ4v) is 3.55. The molecule has 0 saturated heterocycles. The van der Waals surface area contributed by atoms with Gasteiger partial charge in [-0.25, -0.2) is 4.39 Å². The van der Waals surface area contributed by atoms with Crippen molar-refractivity contribution in [2.24, 2.45) is 0 Å². The number of anilines is 1. The number of thioether (sulfide) groups is 1. The Morgan fingerprint density at radius 3 is 2.62 bits per heavy atom. The number of ether oxygens (including phenoxy) is 1. The summed E-state index contributed by atoms with van der Waals surface area (Å²) >= 11 is 13.1.